The van der Waals surface area contributed by atoms with Gasteiger partial charge in [0.2, 0.25) is 17.7 Å². The van der Waals surface area contributed by atoms with Gasteiger partial charge in [-0.2, -0.15) is 5.10 Å². The molecule has 2 fully saturated rings. The summed E-state index contributed by atoms with van der Waals surface area (Å²) in [5.74, 6) is -1.07. The molecule has 0 saturated carbocycles. The Morgan fingerprint density at radius 3 is 2.59 bits per heavy atom. The first-order valence-corrected chi connectivity index (χ1v) is 8.93. The number of anilines is 1. The van der Waals surface area contributed by atoms with E-state index in [2.05, 4.69) is 10.2 Å². The van der Waals surface area contributed by atoms with E-state index in [1.165, 1.54) is 17.9 Å². The lowest BCUT2D eigenvalue weighted by Crippen LogP contribution is -2.51. The van der Waals surface area contributed by atoms with Gasteiger partial charge in [-0.05, 0) is 12.1 Å². The highest BCUT2D eigenvalue weighted by molar-refractivity contribution is 6.05. The number of hydrogen-bond donors (Lipinski definition) is 1. The molecule has 2 aromatic rings. The topological polar surface area (TPSA) is 89.6 Å². The van der Waals surface area contributed by atoms with Crippen molar-refractivity contribution >= 4 is 34.4 Å². The largest absolute Gasteiger partial charge is 0.339 e. The van der Waals surface area contributed by atoms with Crippen LogP contribution in [0.1, 0.15) is 13.3 Å². The van der Waals surface area contributed by atoms with Crippen LogP contribution in [0, 0.1) is 11.7 Å². The first-order valence-electron chi connectivity index (χ1n) is 8.93. The lowest BCUT2D eigenvalue weighted by Gasteiger charge is -2.35. The average molecular weight is 373 g/mol. The number of benzene rings is 1. The minimum absolute atomic E-state index is 0.00300. The van der Waals surface area contributed by atoms with Crippen LogP contribution in [0.5, 0.6) is 0 Å². The fraction of sp³-hybridized carbons (Fsp3) is 0.444. The van der Waals surface area contributed by atoms with Gasteiger partial charge in [-0.3, -0.25) is 24.4 Å². The summed E-state index contributed by atoms with van der Waals surface area (Å²) in [7, 11) is 0. The van der Waals surface area contributed by atoms with E-state index in [-0.39, 0.29) is 41.9 Å². The van der Waals surface area contributed by atoms with Gasteiger partial charge < -0.3 is 9.80 Å². The third-order valence-corrected chi connectivity index (χ3v) is 5.29. The monoisotopic (exact) mass is 373 g/mol. The fourth-order valence-electron chi connectivity index (χ4n) is 3.79. The van der Waals surface area contributed by atoms with Gasteiger partial charge in [0.25, 0.3) is 0 Å². The minimum atomic E-state index is -0.486. The number of halogens is 1. The zero-order valence-corrected chi connectivity index (χ0v) is 14.9. The molecule has 142 valence electrons. The van der Waals surface area contributed by atoms with Gasteiger partial charge >= 0.3 is 0 Å². The molecule has 1 aromatic heterocycles. The second kappa shape index (κ2) is 6.64. The van der Waals surface area contributed by atoms with Crippen LogP contribution in [0.15, 0.2) is 18.2 Å². The van der Waals surface area contributed by atoms with Gasteiger partial charge in [0.05, 0.1) is 16.8 Å². The molecule has 1 N–H and O–H groups in total. The molecule has 3 heterocycles. The van der Waals surface area contributed by atoms with Gasteiger partial charge in [0.1, 0.15) is 5.82 Å². The van der Waals surface area contributed by atoms with E-state index < -0.39 is 11.7 Å². The van der Waals surface area contributed by atoms with E-state index in [9.17, 15) is 18.8 Å². The molecule has 2 aliphatic rings. The van der Waals surface area contributed by atoms with Crippen LogP contribution < -0.4 is 4.90 Å². The standard InChI is InChI=1S/C18H20FN5O3/c1-11(25)22-5-7-23(8-6-22)18(27)12-9-15(26)24(10-12)17-16-13(19)3-2-4-14(16)20-21-17/h2-4,12H,5-10H2,1H3,(H,20,21)/t12-/m1/s1. The van der Waals surface area contributed by atoms with E-state index in [0.29, 0.717) is 31.7 Å². The number of piperazine rings is 1. The molecule has 0 unspecified atom stereocenters. The quantitative estimate of drug-likeness (QED) is 0.841. The number of nitrogens with one attached hydrogen (secondary N) is 1. The zero-order valence-electron chi connectivity index (χ0n) is 14.9. The van der Waals surface area contributed by atoms with Crippen molar-refractivity contribution in [3.8, 4) is 0 Å². The highest BCUT2D eigenvalue weighted by atomic mass is 19.1. The molecule has 0 bridgehead atoms. The Balaban J connectivity index is 1.49. The Morgan fingerprint density at radius 1 is 1.19 bits per heavy atom. The number of rotatable bonds is 2. The van der Waals surface area contributed by atoms with Crippen LogP contribution in [0.3, 0.4) is 0 Å². The lowest BCUT2D eigenvalue weighted by atomic mass is 10.1. The normalized spacial score (nSPS) is 20.6. The number of aromatic nitrogens is 2. The van der Waals surface area contributed by atoms with E-state index in [1.807, 2.05) is 0 Å². The Labute approximate surface area is 154 Å². The maximum absolute atomic E-state index is 14.2. The predicted octanol–water partition coefficient (Wildman–Crippen LogP) is 0.746. The summed E-state index contributed by atoms with van der Waals surface area (Å²) in [6.45, 7) is 3.62. The molecule has 1 aromatic carbocycles. The van der Waals surface area contributed by atoms with Gasteiger partial charge in [-0.1, -0.05) is 6.07 Å². The van der Waals surface area contributed by atoms with Crippen molar-refractivity contribution in [2.24, 2.45) is 5.92 Å². The SMILES string of the molecule is CC(=O)N1CCN(C(=O)[C@@H]2CC(=O)N(c3n[nH]c4cccc(F)c34)C2)CC1. The fourth-order valence-corrected chi connectivity index (χ4v) is 3.79. The number of hydrogen-bond acceptors (Lipinski definition) is 4. The number of aromatic amines is 1. The average Bonchev–Trinajstić information content (AvgIpc) is 3.25. The third kappa shape index (κ3) is 3.02. The number of fused-ring (bicyclic) bond motifs is 1. The molecule has 27 heavy (non-hydrogen) atoms. The van der Waals surface area contributed by atoms with Gasteiger partial charge in [-0.25, -0.2) is 4.39 Å². The summed E-state index contributed by atoms with van der Waals surface area (Å²) >= 11 is 0. The molecule has 4 rings (SSSR count). The van der Waals surface area contributed by atoms with Crippen molar-refractivity contribution in [1.82, 2.24) is 20.0 Å². The second-order valence-corrected chi connectivity index (χ2v) is 6.95. The molecular weight excluding hydrogens is 353 g/mol. The Bertz CT molecular complexity index is 919. The number of nitrogens with zero attached hydrogens (tertiary/aromatic N) is 4. The van der Waals surface area contributed by atoms with E-state index in [0.717, 1.165) is 0 Å². The van der Waals surface area contributed by atoms with E-state index in [4.69, 9.17) is 0 Å². The van der Waals surface area contributed by atoms with Crippen molar-refractivity contribution in [2.45, 2.75) is 13.3 Å². The number of amides is 3. The van der Waals surface area contributed by atoms with Crippen LogP contribution in [-0.4, -0.2) is 70.4 Å². The van der Waals surface area contributed by atoms with Gasteiger partial charge in [0.15, 0.2) is 5.82 Å². The lowest BCUT2D eigenvalue weighted by molar-refractivity contribution is -0.141. The summed E-state index contributed by atoms with van der Waals surface area (Å²) in [4.78, 5) is 41.5. The van der Waals surface area contributed by atoms with Crippen LogP contribution >= 0.6 is 0 Å². The van der Waals surface area contributed by atoms with Crippen molar-refractivity contribution in [3.63, 3.8) is 0 Å². The maximum atomic E-state index is 14.2. The summed E-state index contributed by atoms with van der Waals surface area (Å²) in [5, 5.41) is 7.09. The summed E-state index contributed by atoms with van der Waals surface area (Å²) in [5.41, 5.74) is 0.507. The van der Waals surface area contributed by atoms with Gasteiger partial charge in [-0.15, -0.1) is 0 Å². The van der Waals surface area contributed by atoms with Crippen molar-refractivity contribution < 1.29 is 18.8 Å². The molecule has 0 aliphatic carbocycles. The first kappa shape index (κ1) is 17.4. The first-order chi connectivity index (χ1) is 13.0. The molecule has 9 heteroatoms. The summed E-state index contributed by atoms with van der Waals surface area (Å²) in [6.07, 6.45) is 0.0779. The number of H-pyrrole nitrogens is 1. The smallest absolute Gasteiger partial charge is 0.229 e. The minimum Gasteiger partial charge on any atom is -0.339 e. The van der Waals surface area contributed by atoms with Crippen molar-refractivity contribution in [1.29, 1.82) is 0 Å². The van der Waals surface area contributed by atoms with Crippen LogP contribution in [0.25, 0.3) is 10.9 Å². The van der Waals surface area contributed by atoms with Crippen molar-refractivity contribution in [3.05, 3.63) is 24.0 Å². The van der Waals surface area contributed by atoms with Crippen LogP contribution in [0.2, 0.25) is 0 Å². The summed E-state index contributed by atoms with van der Waals surface area (Å²) in [6, 6.07) is 4.57. The molecule has 1 atom stereocenters. The molecule has 0 radical (unpaired) electrons. The predicted molar refractivity (Wildman–Crippen MR) is 95.3 cm³/mol. The maximum Gasteiger partial charge on any atom is 0.229 e. The molecule has 8 nitrogen and oxygen atoms in total. The highest BCUT2D eigenvalue weighted by Crippen LogP contribution is 2.32. The van der Waals surface area contributed by atoms with E-state index >= 15 is 0 Å². The molecule has 0 spiro atoms. The zero-order chi connectivity index (χ0) is 19.1. The number of carbonyl (C=O) groups excluding carboxylic acids is 3. The Morgan fingerprint density at radius 2 is 1.89 bits per heavy atom. The third-order valence-electron chi connectivity index (χ3n) is 5.29. The number of carbonyl (C=O) groups is 3. The van der Waals surface area contributed by atoms with Crippen LogP contribution in [0.4, 0.5) is 10.2 Å². The molecular formula is C18H20FN5O3. The van der Waals surface area contributed by atoms with Gasteiger partial charge in [0, 0.05) is 46.1 Å². The summed E-state index contributed by atoms with van der Waals surface area (Å²) < 4.78 is 14.2. The Hall–Kier alpha value is -2.97. The molecule has 2 saturated heterocycles. The molecule has 3 amide bonds. The highest BCUT2D eigenvalue weighted by Gasteiger charge is 2.39. The van der Waals surface area contributed by atoms with Crippen molar-refractivity contribution in [2.75, 3.05) is 37.6 Å². The van der Waals surface area contributed by atoms with Crippen LogP contribution in [-0.2, 0) is 14.4 Å². The molecule has 2 aliphatic heterocycles. The van der Waals surface area contributed by atoms with E-state index in [1.54, 1.807) is 21.9 Å². The second-order valence-electron chi connectivity index (χ2n) is 6.95. The Kier molecular flexibility index (Phi) is 4.29.